The predicted molar refractivity (Wildman–Crippen MR) is 163 cm³/mol. The molecule has 0 heterocycles. The molecule has 0 aromatic heterocycles. The normalized spacial score (nSPS) is 14.6. The van der Waals surface area contributed by atoms with Crippen LogP contribution in [0.1, 0.15) is 62.8 Å². The zero-order valence-electron chi connectivity index (χ0n) is 25.1. The van der Waals surface area contributed by atoms with E-state index in [0.717, 1.165) is 30.4 Å². The second-order valence-electron chi connectivity index (χ2n) is 11.8. The SMILES string of the molecule is COc1ccc(NC(=O)C(c2cccc(C)c2)N(C(=O)C(Cc2ccccc2)NC(=O)OC(C)(C)C)C2CCC2)cc1. The molecule has 1 aliphatic rings. The Bertz CT molecular complexity index is 1360. The number of carbonyl (C=O) groups is 3. The van der Waals surface area contributed by atoms with Crippen molar-refractivity contribution in [1.82, 2.24) is 10.2 Å². The lowest BCUT2D eigenvalue weighted by atomic mass is 9.87. The molecule has 222 valence electrons. The van der Waals surface area contributed by atoms with Crippen LogP contribution in [0.25, 0.3) is 0 Å². The third-order valence-corrected chi connectivity index (χ3v) is 7.24. The van der Waals surface area contributed by atoms with Crippen LogP contribution >= 0.6 is 0 Å². The number of nitrogens with zero attached hydrogens (tertiary/aromatic N) is 1. The van der Waals surface area contributed by atoms with E-state index in [1.54, 1.807) is 57.0 Å². The topological polar surface area (TPSA) is 97.0 Å². The highest BCUT2D eigenvalue weighted by atomic mass is 16.6. The van der Waals surface area contributed by atoms with Gasteiger partial charge in [-0.3, -0.25) is 9.59 Å². The van der Waals surface area contributed by atoms with E-state index in [-0.39, 0.29) is 24.3 Å². The fraction of sp³-hybridized carbons (Fsp3) is 0.382. The fourth-order valence-corrected chi connectivity index (χ4v) is 5.03. The third kappa shape index (κ3) is 8.12. The summed E-state index contributed by atoms with van der Waals surface area (Å²) in [5.41, 5.74) is 2.42. The molecule has 0 aliphatic heterocycles. The Kier molecular flexibility index (Phi) is 9.88. The van der Waals surface area contributed by atoms with E-state index in [9.17, 15) is 14.4 Å². The quantitative estimate of drug-likeness (QED) is 0.302. The molecule has 0 saturated heterocycles. The second kappa shape index (κ2) is 13.6. The number of methoxy groups -OCH3 is 1. The minimum Gasteiger partial charge on any atom is -0.497 e. The van der Waals surface area contributed by atoms with Crippen molar-refractivity contribution in [3.8, 4) is 5.75 Å². The summed E-state index contributed by atoms with van der Waals surface area (Å²) < 4.78 is 10.8. The van der Waals surface area contributed by atoms with Gasteiger partial charge in [0, 0.05) is 18.2 Å². The number of anilines is 1. The maximum absolute atomic E-state index is 14.6. The molecule has 1 saturated carbocycles. The molecule has 4 rings (SSSR count). The van der Waals surface area contributed by atoms with Crippen molar-refractivity contribution in [2.24, 2.45) is 0 Å². The van der Waals surface area contributed by atoms with E-state index in [0.29, 0.717) is 17.0 Å². The zero-order valence-corrected chi connectivity index (χ0v) is 25.1. The highest BCUT2D eigenvalue weighted by molar-refractivity contribution is 5.99. The average molecular weight is 572 g/mol. The number of nitrogens with one attached hydrogen (secondary N) is 2. The Morgan fingerprint density at radius 3 is 2.21 bits per heavy atom. The van der Waals surface area contributed by atoms with Crippen molar-refractivity contribution in [2.45, 2.75) is 77.1 Å². The lowest BCUT2D eigenvalue weighted by Gasteiger charge is -2.43. The van der Waals surface area contributed by atoms with E-state index < -0.39 is 23.8 Å². The van der Waals surface area contributed by atoms with Gasteiger partial charge >= 0.3 is 6.09 Å². The van der Waals surface area contributed by atoms with Gasteiger partial charge in [-0.1, -0.05) is 60.2 Å². The van der Waals surface area contributed by atoms with Crippen molar-refractivity contribution in [2.75, 3.05) is 12.4 Å². The molecular weight excluding hydrogens is 530 g/mol. The van der Waals surface area contributed by atoms with Crippen molar-refractivity contribution in [3.05, 3.63) is 95.6 Å². The highest BCUT2D eigenvalue weighted by Crippen LogP contribution is 2.35. The van der Waals surface area contributed by atoms with E-state index in [1.807, 2.05) is 61.5 Å². The lowest BCUT2D eigenvalue weighted by molar-refractivity contribution is -0.145. The van der Waals surface area contributed by atoms with Crippen LogP contribution in [0.3, 0.4) is 0 Å². The first-order valence-electron chi connectivity index (χ1n) is 14.4. The Balaban J connectivity index is 1.73. The summed E-state index contributed by atoms with van der Waals surface area (Å²) in [6, 6.07) is 22.2. The van der Waals surface area contributed by atoms with Gasteiger partial charge in [0.2, 0.25) is 5.91 Å². The zero-order chi connectivity index (χ0) is 30.3. The van der Waals surface area contributed by atoms with Gasteiger partial charge in [-0.25, -0.2) is 4.79 Å². The van der Waals surface area contributed by atoms with Crippen LogP contribution in [-0.4, -0.2) is 47.6 Å². The predicted octanol–water partition coefficient (Wildman–Crippen LogP) is 6.20. The van der Waals surface area contributed by atoms with E-state index in [4.69, 9.17) is 9.47 Å². The smallest absolute Gasteiger partial charge is 0.408 e. The summed E-state index contributed by atoms with van der Waals surface area (Å²) >= 11 is 0. The molecule has 8 nitrogen and oxygen atoms in total. The van der Waals surface area contributed by atoms with Gasteiger partial charge in [-0.2, -0.15) is 0 Å². The molecule has 1 aliphatic carbocycles. The van der Waals surface area contributed by atoms with Crippen LogP contribution in [0.5, 0.6) is 5.75 Å². The summed E-state index contributed by atoms with van der Waals surface area (Å²) in [6.45, 7) is 7.29. The molecular formula is C34H41N3O5. The molecule has 8 heteroatoms. The molecule has 3 aromatic rings. The maximum atomic E-state index is 14.6. The van der Waals surface area contributed by atoms with Crippen molar-refractivity contribution in [3.63, 3.8) is 0 Å². The second-order valence-corrected chi connectivity index (χ2v) is 11.8. The van der Waals surface area contributed by atoms with Crippen molar-refractivity contribution in [1.29, 1.82) is 0 Å². The first-order valence-corrected chi connectivity index (χ1v) is 14.4. The molecule has 2 N–H and O–H groups in total. The van der Waals surface area contributed by atoms with E-state index in [2.05, 4.69) is 10.6 Å². The minimum atomic E-state index is -0.941. The number of aryl methyl sites for hydroxylation is 1. The van der Waals surface area contributed by atoms with Crippen LogP contribution in [0.2, 0.25) is 0 Å². The molecule has 0 bridgehead atoms. The van der Waals surface area contributed by atoms with Gasteiger partial charge in [0.05, 0.1) is 7.11 Å². The highest BCUT2D eigenvalue weighted by Gasteiger charge is 2.42. The van der Waals surface area contributed by atoms with Crippen molar-refractivity contribution < 1.29 is 23.9 Å². The standard InChI is InChI=1S/C34H41N3O5/c1-23-11-9-14-25(21-23)30(31(38)35-26-17-19-28(41-5)20-18-26)37(27-15-10-16-27)32(39)29(22-24-12-7-6-8-13-24)36-33(40)42-34(2,3)4/h6-9,11-14,17-21,27,29-30H,10,15-16,22H2,1-5H3,(H,35,38)(H,36,40). The van der Waals surface area contributed by atoms with E-state index in [1.165, 1.54) is 0 Å². The minimum absolute atomic E-state index is 0.150. The van der Waals surface area contributed by atoms with Gasteiger partial charge in [-0.05, 0) is 82.3 Å². The summed E-state index contributed by atoms with van der Waals surface area (Å²) in [5.74, 6) is 0.0130. The number of benzene rings is 3. The van der Waals surface area contributed by atoms with Gasteiger partial charge in [0.15, 0.2) is 0 Å². The average Bonchev–Trinajstić information content (AvgIpc) is 2.91. The molecule has 42 heavy (non-hydrogen) atoms. The molecule has 1 fully saturated rings. The monoisotopic (exact) mass is 571 g/mol. The fourth-order valence-electron chi connectivity index (χ4n) is 5.03. The van der Waals surface area contributed by atoms with Crippen LogP contribution in [0.15, 0.2) is 78.9 Å². The van der Waals surface area contributed by atoms with Crippen LogP contribution in [-0.2, 0) is 20.7 Å². The number of hydrogen-bond donors (Lipinski definition) is 2. The summed E-state index contributed by atoms with van der Waals surface area (Å²) in [7, 11) is 1.58. The number of amides is 3. The lowest BCUT2D eigenvalue weighted by Crippen LogP contribution is -2.57. The van der Waals surface area contributed by atoms with Gasteiger partial charge < -0.3 is 25.0 Å². The van der Waals surface area contributed by atoms with Crippen LogP contribution in [0.4, 0.5) is 10.5 Å². The first-order chi connectivity index (χ1) is 20.0. The van der Waals surface area contributed by atoms with Gasteiger partial charge in [-0.15, -0.1) is 0 Å². The third-order valence-electron chi connectivity index (χ3n) is 7.24. The Hall–Kier alpha value is -4.33. The molecule has 3 amide bonds. The Morgan fingerprint density at radius 1 is 0.952 bits per heavy atom. The van der Waals surface area contributed by atoms with Crippen LogP contribution in [0, 0.1) is 6.92 Å². The first kappa shape index (κ1) is 30.6. The van der Waals surface area contributed by atoms with Crippen LogP contribution < -0.4 is 15.4 Å². The molecule has 0 spiro atoms. The maximum Gasteiger partial charge on any atom is 0.408 e. The Labute approximate surface area is 248 Å². The molecule has 3 aromatic carbocycles. The number of alkyl carbamates (subject to hydrolysis) is 1. The number of hydrogen-bond acceptors (Lipinski definition) is 5. The molecule has 2 atom stereocenters. The number of ether oxygens (including phenoxy) is 2. The number of rotatable bonds is 10. The summed E-state index contributed by atoms with van der Waals surface area (Å²) in [4.78, 5) is 43.3. The van der Waals surface area contributed by atoms with Gasteiger partial charge in [0.1, 0.15) is 23.4 Å². The largest absolute Gasteiger partial charge is 0.497 e. The van der Waals surface area contributed by atoms with E-state index >= 15 is 0 Å². The molecule has 0 radical (unpaired) electrons. The summed E-state index contributed by atoms with van der Waals surface area (Å²) in [5, 5.41) is 5.84. The number of carbonyl (C=O) groups excluding carboxylic acids is 3. The van der Waals surface area contributed by atoms with Gasteiger partial charge in [0.25, 0.3) is 5.91 Å². The summed E-state index contributed by atoms with van der Waals surface area (Å²) in [6.07, 6.45) is 2.07. The Morgan fingerprint density at radius 2 is 1.64 bits per heavy atom. The van der Waals surface area contributed by atoms with Crippen molar-refractivity contribution >= 4 is 23.6 Å². The molecule has 2 unspecified atom stereocenters.